The van der Waals surface area contributed by atoms with Crippen molar-refractivity contribution < 1.29 is 9.53 Å². The Balaban J connectivity index is 1.25. The Morgan fingerprint density at radius 1 is 1.17 bits per heavy atom. The Morgan fingerprint density at radius 2 is 2.00 bits per heavy atom. The van der Waals surface area contributed by atoms with Crippen molar-refractivity contribution >= 4 is 11.6 Å². The maximum Gasteiger partial charge on any atom is 0.231 e. The van der Waals surface area contributed by atoms with Crippen molar-refractivity contribution in [3.8, 4) is 5.88 Å². The zero-order valence-electron chi connectivity index (χ0n) is 13.2. The molecule has 0 spiro atoms. The number of nitrogens with zero attached hydrogens (tertiary/aromatic N) is 4. The van der Waals surface area contributed by atoms with Gasteiger partial charge < -0.3 is 9.64 Å². The average Bonchev–Trinajstić information content (AvgIpc) is 3.27. The molecule has 6 heteroatoms. The fourth-order valence-electron chi connectivity index (χ4n) is 3.12. The number of hydrogen-bond acceptors (Lipinski definition) is 4. The molecule has 1 amide bonds. The van der Waals surface area contributed by atoms with E-state index in [0.29, 0.717) is 30.2 Å². The van der Waals surface area contributed by atoms with E-state index in [4.69, 9.17) is 4.74 Å². The molecular formula is C17H22N4O2. The van der Waals surface area contributed by atoms with Gasteiger partial charge in [0, 0.05) is 38.0 Å². The normalized spacial score (nSPS) is 19.2. The largest absolute Gasteiger partial charge is 0.476 e. The van der Waals surface area contributed by atoms with Crippen LogP contribution in [0, 0.1) is 11.8 Å². The van der Waals surface area contributed by atoms with Crippen LogP contribution in [-0.4, -0.2) is 45.1 Å². The second-order valence-electron chi connectivity index (χ2n) is 6.68. The average molecular weight is 314 g/mol. The second-order valence-corrected chi connectivity index (χ2v) is 6.68. The van der Waals surface area contributed by atoms with Gasteiger partial charge in [0.05, 0.1) is 6.61 Å². The van der Waals surface area contributed by atoms with Crippen LogP contribution in [0.25, 0.3) is 5.65 Å². The summed E-state index contributed by atoms with van der Waals surface area (Å²) in [6.07, 6.45) is 8.81. The Kier molecular flexibility index (Phi) is 3.89. The molecule has 0 radical (unpaired) electrons. The van der Waals surface area contributed by atoms with Gasteiger partial charge in [-0.3, -0.25) is 4.79 Å². The first-order valence-corrected chi connectivity index (χ1v) is 8.49. The first-order chi connectivity index (χ1) is 11.3. The molecule has 2 aliphatic rings. The minimum absolute atomic E-state index is 0.346. The quantitative estimate of drug-likeness (QED) is 0.848. The molecule has 2 fully saturated rings. The van der Waals surface area contributed by atoms with Crippen molar-refractivity contribution in [3.05, 3.63) is 24.5 Å². The van der Waals surface area contributed by atoms with Gasteiger partial charge in [0.1, 0.15) is 0 Å². The highest BCUT2D eigenvalue weighted by Crippen LogP contribution is 2.33. The van der Waals surface area contributed by atoms with Crippen LogP contribution >= 0.6 is 0 Å². The van der Waals surface area contributed by atoms with Crippen LogP contribution in [0.3, 0.4) is 0 Å². The number of ether oxygens (including phenoxy) is 1. The summed E-state index contributed by atoms with van der Waals surface area (Å²) in [6.45, 7) is 2.40. The van der Waals surface area contributed by atoms with Crippen LogP contribution in [0.1, 0.15) is 32.1 Å². The summed E-state index contributed by atoms with van der Waals surface area (Å²) < 4.78 is 7.55. The van der Waals surface area contributed by atoms with E-state index in [1.807, 2.05) is 23.2 Å². The van der Waals surface area contributed by atoms with Crippen LogP contribution in [0.5, 0.6) is 5.88 Å². The molecule has 6 nitrogen and oxygen atoms in total. The van der Waals surface area contributed by atoms with E-state index in [2.05, 4.69) is 10.1 Å². The smallest absolute Gasteiger partial charge is 0.231 e. The van der Waals surface area contributed by atoms with Gasteiger partial charge in [-0.05, 0) is 43.6 Å². The number of piperidine rings is 1. The fourth-order valence-corrected chi connectivity index (χ4v) is 3.12. The number of fused-ring (bicyclic) bond motifs is 1. The van der Waals surface area contributed by atoms with Gasteiger partial charge in [-0.15, -0.1) is 5.10 Å². The molecule has 0 atom stereocenters. The van der Waals surface area contributed by atoms with Crippen molar-refractivity contribution in [1.82, 2.24) is 19.5 Å². The molecule has 1 saturated carbocycles. The van der Waals surface area contributed by atoms with E-state index in [9.17, 15) is 4.79 Å². The molecule has 3 heterocycles. The molecule has 122 valence electrons. The number of rotatable bonds is 5. The summed E-state index contributed by atoms with van der Waals surface area (Å²) in [6, 6.07) is 3.76. The fraction of sp³-hybridized carbons (Fsp3) is 0.588. The van der Waals surface area contributed by atoms with Crippen molar-refractivity contribution in [2.24, 2.45) is 11.8 Å². The Bertz CT molecular complexity index is 687. The SMILES string of the molecule is O=C(CC1CC1)N1CCC(COc2ccc3nccn3n2)CC1. The van der Waals surface area contributed by atoms with Crippen LogP contribution in [0.4, 0.5) is 0 Å². The van der Waals surface area contributed by atoms with E-state index in [0.717, 1.165) is 38.0 Å². The summed E-state index contributed by atoms with van der Waals surface area (Å²) in [5.41, 5.74) is 0.819. The maximum absolute atomic E-state index is 12.1. The van der Waals surface area contributed by atoms with Crippen LogP contribution in [0.2, 0.25) is 0 Å². The number of amides is 1. The van der Waals surface area contributed by atoms with E-state index >= 15 is 0 Å². The van der Waals surface area contributed by atoms with Crippen molar-refractivity contribution in [2.45, 2.75) is 32.1 Å². The molecule has 0 unspecified atom stereocenters. The molecule has 1 saturated heterocycles. The predicted octanol–water partition coefficient (Wildman–Crippen LogP) is 2.15. The monoisotopic (exact) mass is 314 g/mol. The minimum atomic E-state index is 0.346. The second kappa shape index (κ2) is 6.18. The summed E-state index contributed by atoms with van der Waals surface area (Å²) in [4.78, 5) is 18.3. The first kappa shape index (κ1) is 14.5. The molecule has 0 bridgehead atoms. The highest BCUT2D eigenvalue weighted by Gasteiger charge is 2.29. The minimum Gasteiger partial charge on any atom is -0.476 e. The van der Waals surface area contributed by atoms with E-state index in [1.54, 1.807) is 10.7 Å². The van der Waals surface area contributed by atoms with Crippen LogP contribution in [-0.2, 0) is 4.79 Å². The number of likely N-dealkylation sites (tertiary alicyclic amines) is 1. The zero-order valence-corrected chi connectivity index (χ0v) is 13.2. The number of carbonyl (C=O) groups is 1. The summed E-state index contributed by atoms with van der Waals surface area (Å²) in [5, 5.41) is 4.37. The molecule has 23 heavy (non-hydrogen) atoms. The van der Waals surface area contributed by atoms with Crippen molar-refractivity contribution in [3.63, 3.8) is 0 Å². The van der Waals surface area contributed by atoms with Gasteiger partial charge in [0.15, 0.2) is 5.65 Å². The molecule has 0 aromatic carbocycles. The molecule has 2 aromatic heterocycles. The number of hydrogen-bond donors (Lipinski definition) is 0. The van der Waals surface area contributed by atoms with Crippen LogP contribution in [0.15, 0.2) is 24.5 Å². The van der Waals surface area contributed by atoms with Crippen LogP contribution < -0.4 is 4.74 Å². The number of aromatic nitrogens is 3. The third-order valence-electron chi connectivity index (χ3n) is 4.83. The number of imidazole rings is 1. The lowest BCUT2D eigenvalue weighted by Gasteiger charge is -2.31. The van der Waals surface area contributed by atoms with E-state index in [1.165, 1.54) is 12.8 Å². The topological polar surface area (TPSA) is 59.7 Å². The molecule has 1 aliphatic carbocycles. The number of carbonyl (C=O) groups excluding carboxylic acids is 1. The lowest BCUT2D eigenvalue weighted by Crippen LogP contribution is -2.39. The van der Waals surface area contributed by atoms with Gasteiger partial charge in [-0.25, -0.2) is 9.50 Å². The highest BCUT2D eigenvalue weighted by atomic mass is 16.5. The maximum atomic E-state index is 12.1. The van der Waals surface area contributed by atoms with Crippen molar-refractivity contribution in [2.75, 3.05) is 19.7 Å². The van der Waals surface area contributed by atoms with Crippen molar-refractivity contribution in [1.29, 1.82) is 0 Å². The third kappa shape index (κ3) is 3.46. The van der Waals surface area contributed by atoms with Gasteiger partial charge in [0.2, 0.25) is 11.8 Å². The lowest BCUT2D eigenvalue weighted by molar-refractivity contribution is -0.133. The molecule has 0 N–H and O–H groups in total. The van der Waals surface area contributed by atoms with E-state index in [-0.39, 0.29) is 0 Å². The first-order valence-electron chi connectivity index (χ1n) is 8.49. The predicted molar refractivity (Wildman–Crippen MR) is 85.1 cm³/mol. The molecule has 2 aromatic rings. The standard InChI is InChI=1S/C17H22N4O2/c22-17(11-13-1-2-13)20-8-5-14(6-9-20)12-23-16-4-3-15-18-7-10-21(15)19-16/h3-4,7,10,13-14H,1-2,5-6,8-9,11-12H2. The highest BCUT2D eigenvalue weighted by molar-refractivity contribution is 5.76. The van der Waals surface area contributed by atoms with Gasteiger partial charge in [-0.2, -0.15) is 0 Å². The molecular weight excluding hydrogens is 292 g/mol. The van der Waals surface area contributed by atoms with Gasteiger partial charge in [-0.1, -0.05) is 0 Å². The Hall–Kier alpha value is -2.11. The van der Waals surface area contributed by atoms with E-state index < -0.39 is 0 Å². The molecule has 1 aliphatic heterocycles. The lowest BCUT2D eigenvalue weighted by atomic mass is 9.97. The summed E-state index contributed by atoms with van der Waals surface area (Å²) >= 11 is 0. The van der Waals surface area contributed by atoms with Gasteiger partial charge in [0.25, 0.3) is 0 Å². The third-order valence-corrected chi connectivity index (χ3v) is 4.83. The summed E-state index contributed by atoms with van der Waals surface area (Å²) in [5.74, 6) is 2.15. The van der Waals surface area contributed by atoms with Gasteiger partial charge >= 0.3 is 0 Å². The molecule has 4 rings (SSSR count). The zero-order chi connectivity index (χ0) is 15.6. The Labute approximate surface area is 135 Å². The Morgan fingerprint density at radius 3 is 2.78 bits per heavy atom. The summed E-state index contributed by atoms with van der Waals surface area (Å²) in [7, 11) is 0.